The van der Waals surface area contributed by atoms with Crippen molar-refractivity contribution in [3.8, 4) is 50.9 Å². The van der Waals surface area contributed by atoms with E-state index in [0.717, 1.165) is 33.2 Å². The van der Waals surface area contributed by atoms with Gasteiger partial charge in [0.2, 0.25) is 0 Å². The van der Waals surface area contributed by atoms with Crippen LogP contribution in [0.3, 0.4) is 0 Å². The highest BCUT2D eigenvalue weighted by atomic mass is 35.5. The molecule has 10 rings (SSSR count). The van der Waals surface area contributed by atoms with E-state index in [4.69, 9.17) is 35.0 Å². The van der Waals surface area contributed by atoms with Crippen molar-refractivity contribution >= 4 is 44.4 Å². The van der Waals surface area contributed by atoms with Gasteiger partial charge in [-0.3, -0.25) is 13.7 Å². The molecule has 0 radical (unpaired) electrons. The van der Waals surface area contributed by atoms with E-state index in [0.29, 0.717) is 33.2 Å². The van der Waals surface area contributed by atoms with Crippen LogP contribution in [-0.2, 0) is 5.41 Å². The summed E-state index contributed by atoms with van der Waals surface area (Å²) in [5.41, 5.74) is 4.87. The first kappa shape index (κ1) is 26.1. The predicted octanol–water partition coefficient (Wildman–Crippen LogP) is 13.3. The van der Waals surface area contributed by atoms with E-state index in [-0.39, 0.29) is 33.4 Å². The van der Waals surface area contributed by atoms with Crippen molar-refractivity contribution in [1.29, 1.82) is 0 Å². The van der Waals surface area contributed by atoms with Crippen molar-refractivity contribution in [2.24, 2.45) is 0 Å². The van der Waals surface area contributed by atoms with Gasteiger partial charge < -0.3 is 4.74 Å². The Hall–Kier alpha value is -6.95. The van der Waals surface area contributed by atoms with E-state index in [1.165, 1.54) is 0 Å². The minimum absolute atomic E-state index is 0.110. The summed E-state index contributed by atoms with van der Waals surface area (Å²) < 4.78 is 98.9. The van der Waals surface area contributed by atoms with Crippen LogP contribution in [0.25, 0.3) is 72.3 Å². The average molecular weight is 781 g/mol. The molecule has 0 aliphatic carbocycles. The summed E-state index contributed by atoms with van der Waals surface area (Å²) in [4.78, 5) is 4.81. The molecule has 58 heavy (non-hydrogen) atoms. The third-order valence-electron chi connectivity index (χ3n) is 10.2. The molecular formula is C52H39ClN4O. The smallest absolute Gasteiger partial charge is 0.269 e. The molecule has 0 aliphatic rings. The minimum atomic E-state index is -0.569. The standard InChI is InChI=1S/C52H39ClN4O/c1-52(2,3)37-28-29-54-50(30-37)57-46-27-24-38(53)31-45(46)44-26-25-41(33-49(44)57)58-40-19-12-18-39(32-40)55-34-56(48-23-11-10-22-47(48)55)51-42(35-14-6-4-7-15-35)20-13-21-43(51)36-16-8-5-9-17-36/h4-33H,1-3H3/i4D,5D,6D,7D,8D,9D,14D,15D,16D,17D. The molecule has 3 aromatic heterocycles. The van der Waals surface area contributed by atoms with E-state index in [1.807, 2.05) is 97.2 Å². The Morgan fingerprint density at radius 3 is 2.10 bits per heavy atom. The number of para-hydroxylation sites is 3. The van der Waals surface area contributed by atoms with Crippen LogP contribution in [0.1, 0.15) is 40.0 Å². The second kappa shape index (κ2) is 14.2. The Kier molecular flexibility index (Phi) is 6.39. The molecule has 10 aromatic rings. The quantitative estimate of drug-likeness (QED) is 0.119. The first-order chi connectivity index (χ1) is 32.4. The third-order valence-corrected chi connectivity index (χ3v) is 10.4. The average Bonchev–Trinajstić information content (AvgIpc) is 3.87. The summed E-state index contributed by atoms with van der Waals surface area (Å²) in [7, 11) is 0. The second-order valence-electron chi connectivity index (χ2n) is 14.9. The number of hydrogen-bond acceptors (Lipinski definition) is 2. The molecule has 0 amide bonds. The van der Waals surface area contributed by atoms with Crippen molar-refractivity contribution in [3.05, 3.63) is 199 Å². The lowest BCUT2D eigenvalue weighted by molar-refractivity contribution is -0.571. The monoisotopic (exact) mass is 780 g/mol. The zero-order chi connectivity index (χ0) is 48.1. The highest BCUT2D eigenvalue weighted by Gasteiger charge is 2.21. The molecule has 3 heterocycles. The lowest BCUT2D eigenvalue weighted by Crippen LogP contribution is -2.31. The van der Waals surface area contributed by atoms with E-state index in [2.05, 4.69) is 37.7 Å². The van der Waals surface area contributed by atoms with Crippen LogP contribution in [0.2, 0.25) is 5.02 Å². The first-order valence-electron chi connectivity index (χ1n) is 23.7. The van der Waals surface area contributed by atoms with Gasteiger partial charge in [-0.1, -0.05) is 141 Å². The highest BCUT2D eigenvalue weighted by Crippen LogP contribution is 2.38. The summed E-state index contributed by atoms with van der Waals surface area (Å²) in [6.45, 7) is 6.49. The zero-order valence-electron chi connectivity index (χ0n) is 41.6. The Morgan fingerprint density at radius 2 is 1.36 bits per heavy atom. The van der Waals surface area contributed by atoms with Gasteiger partial charge in [0.1, 0.15) is 17.3 Å². The van der Waals surface area contributed by atoms with Crippen LogP contribution in [0, 0.1) is 6.33 Å². The Morgan fingerprint density at radius 1 is 0.655 bits per heavy atom. The first-order valence-corrected chi connectivity index (χ1v) is 19.0. The van der Waals surface area contributed by atoms with E-state index in [1.54, 1.807) is 27.3 Å². The van der Waals surface area contributed by atoms with Gasteiger partial charge >= 0.3 is 0 Å². The number of rotatable bonds is 7. The van der Waals surface area contributed by atoms with Gasteiger partial charge in [0.25, 0.3) is 6.33 Å². The number of benzene rings is 7. The summed E-state index contributed by atoms with van der Waals surface area (Å²) in [6, 6.07) is 30.1. The van der Waals surface area contributed by atoms with Crippen LogP contribution in [0.15, 0.2) is 182 Å². The van der Waals surface area contributed by atoms with Crippen LogP contribution < -0.4 is 9.30 Å². The highest BCUT2D eigenvalue weighted by molar-refractivity contribution is 6.32. The molecule has 0 saturated heterocycles. The molecule has 0 spiro atoms. The van der Waals surface area contributed by atoms with Gasteiger partial charge in [-0.05, 0) is 93.9 Å². The maximum absolute atomic E-state index is 8.99. The maximum Gasteiger partial charge on any atom is 0.269 e. The normalized spacial score (nSPS) is 14.2. The lowest BCUT2D eigenvalue weighted by atomic mass is 9.88. The fourth-order valence-electron chi connectivity index (χ4n) is 7.49. The maximum atomic E-state index is 8.99. The van der Waals surface area contributed by atoms with Crippen molar-refractivity contribution in [2.75, 3.05) is 0 Å². The Labute approximate surface area is 356 Å². The summed E-state index contributed by atoms with van der Waals surface area (Å²) in [6.07, 6.45) is 5.25. The number of aromatic nitrogens is 4. The van der Waals surface area contributed by atoms with Gasteiger partial charge in [-0.25, -0.2) is 4.98 Å². The number of nitrogens with zero attached hydrogens (tertiary/aromatic N) is 4. The molecule has 6 heteroatoms. The van der Waals surface area contributed by atoms with Crippen LogP contribution in [-0.4, -0.2) is 14.1 Å². The lowest BCUT2D eigenvalue weighted by Gasteiger charge is -2.20. The van der Waals surface area contributed by atoms with E-state index < -0.39 is 60.4 Å². The summed E-state index contributed by atoms with van der Waals surface area (Å²) in [5.74, 6) is 1.81. The predicted molar refractivity (Wildman–Crippen MR) is 237 cm³/mol. The van der Waals surface area contributed by atoms with Crippen LogP contribution in [0.4, 0.5) is 0 Å². The van der Waals surface area contributed by atoms with E-state index >= 15 is 0 Å². The number of fused-ring (bicyclic) bond motifs is 4. The molecule has 0 aliphatic heterocycles. The molecular weight excluding hydrogens is 732 g/mol. The Balaban J connectivity index is 1.15. The van der Waals surface area contributed by atoms with Gasteiger partial charge in [0.15, 0.2) is 0 Å². The van der Waals surface area contributed by atoms with Gasteiger partial charge in [-0.2, -0.15) is 0 Å². The molecule has 0 saturated carbocycles. The van der Waals surface area contributed by atoms with Crippen LogP contribution >= 0.6 is 11.6 Å². The van der Waals surface area contributed by atoms with Gasteiger partial charge in [-0.15, -0.1) is 0 Å². The summed E-state index contributed by atoms with van der Waals surface area (Å²) >= 11 is 6.54. The van der Waals surface area contributed by atoms with Crippen molar-refractivity contribution < 1.29 is 23.0 Å². The van der Waals surface area contributed by atoms with Gasteiger partial charge in [0.05, 0.1) is 47.1 Å². The van der Waals surface area contributed by atoms with E-state index in [9.17, 15) is 0 Å². The Bertz CT molecular complexity index is 3600. The minimum Gasteiger partial charge on any atom is -0.458 e. The molecule has 0 unspecified atom stereocenters. The topological polar surface area (TPSA) is 35.9 Å². The van der Waals surface area contributed by atoms with Crippen molar-refractivity contribution in [1.82, 2.24) is 14.1 Å². The molecule has 0 N–H and O–H groups in total. The molecule has 7 aromatic carbocycles. The fourth-order valence-corrected chi connectivity index (χ4v) is 7.66. The van der Waals surface area contributed by atoms with Gasteiger partial charge in [0, 0.05) is 28.1 Å². The number of ether oxygens (including phenoxy) is 1. The molecule has 5 nitrogen and oxygen atoms in total. The second-order valence-corrected chi connectivity index (χ2v) is 15.3. The fraction of sp³-hybridized carbons (Fsp3) is 0.0769. The zero-order valence-corrected chi connectivity index (χ0v) is 32.4. The largest absolute Gasteiger partial charge is 0.458 e. The number of pyridine rings is 1. The van der Waals surface area contributed by atoms with Crippen molar-refractivity contribution in [3.63, 3.8) is 0 Å². The molecule has 0 bridgehead atoms. The number of imidazole rings is 1. The summed E-state index contributed by atoms with van der Waals surface area (Å²) in [5, 5.41) is 2.55. The SMILES string of the molecule is [2H]c1c([2H])c([2H])c(-c2cccc(-c3c([2H])c([2H])c([2H])c([2H])c3[2H])c2-[n+]2[c-]n(-c3cccc(Oc4ccc5c6cc(Cl)ccc6n(-c6cc(C(C)(C)C)ccn6)c5c4)c3)c3ccccc32)c([2H])c1[2H]. The number of halogens is 1. The molecule has 280 valence electrons. The van der Waals surface area contributed by atoms with Crippen LogP contribution in [0.5, 0.6) is 11.5 Å². The third kappa shape index (κ3) is 6.30. The number of hydrogen-bond donors (Lipinski definition) is 0. The van der Waals surface area contributed by atoms with Crippen molar-refractivity contribution in [2.45, 2.75) is 26.2 Å². The molecule has 0 fully saturated rings. The molecule has 0 atom stereocenters.